The average Bonchev–Trinajstić information content (AvgIpc) is 2.17. The third-order valence-electron chi connectivity index (χ3n) is 2.90. The molecule has 96 valence electrons. The lowest BCUT2D eigenvalue weighted by Crippen LogP contribution is -2.19. The normalized spacial score (nSPS) is 19.5. The fourth-order valence-corrected chi connectivity index (χ4v) is 2.36. The second kappa shape index (κ2) is 5.04. The Morgan fingerprint density at radius 3 is 2.53 bits per heavy atom. The summed E-state index contributed by atoms with van der Waals surface area (Å²) >= 11 is 5.64. The van der Waals surface area contributed by atoms with Gasteiger partial charge in [-0.05, 0) is 42.5 Å². The minimum Gasteiger partial charge on any atom is -0.324 e. The fraction of sp³-hybridized carbons (Fsp3) is 0.455. The maximum absolute atomic E-state index is 12.6. The highest BCUT2D eigenvalue weighted by Crippen LogP contribution is 2.39. The summed E-state index contributed by atoms with van der Waals surface area (Å²) in [6.07, 6.45) is -2.13. The maximum atomic E-state index is 12.6. The van der Waals surface area contributed by atoms with Gasteiger partial charge in [0.15, 0.2) is 0 Å². The summed E-state index contributed by atoms with van der Waals surface area (Å²) < 4.78 is 37.8. The molecule has 0 amide bonds. The van der Waals surface area contributed by atoms with E-state index < -0.39 is 11.7 Å². The summed E-state index contributed by atoms with van der Waals surface area (Å²) in [6, 6.07) is 2.31. The average molecular weight is 286 g/mol. The van der Waals surface area contributed by atoms with E-state index in [0.717, 1.165) is 24.5 Å². The SMILES string of the molecule is Cl.NC1CCCc2cc(C(F)(F)F)c(Cl)cc21. The molecule has 2 rings (SSSR count). The van der Waals surface area contributed by atoms with Crippen molar-refractivity contribution in [3.63, 3.8) is 0 Å². The molecule has 0 radical (unpaired) electrons. The lowest BCUT2D eigenvalue weighted by Gasteiger charge is -2.24. The van der Waals surface area contributed by atoms with Crippen molar-refractivity contribution in [2.45, 2.75) is 31.5 Å². The highest BCUT2D eigenvalue weighted by molar-refractivity contribution is 6.31. The third-order valence-corrected chi connectivity index (χ3v) is 3.21. The van der Waals surface area contributed by atoms with Gasteiger partial charge < -0.3 is 5.73 Å². The van der Waals surface area contributed by atoms with E-state index >= 15 is 0 Å². The van der Waals surface area contributed by atoms with E-state index in [4.69, 9.17) is 17.3 Å². The third kappa shape index (κ3) is 2.87. The number of fused-ring (bicyclic) bond motifs is 1. The molecule has 0 fully saturated rings. The maximum Gasteiger partial charge on any atom is 0.417 e. The van der Waals surface area contributed by atoms with Crippen molar-refractivity contribution in [3.8, 4) is 0 Å². The van der Waals surface area contributed by atoms with Gasteiger partial charge in [0.1, 0.15) is 0 Å². The van der Waals surface area contributed by atoms with E-state index in [0.29, 0.717) is 12.0 Å². The van der Waals surface area contributed by atoms with Gasteiger partial charge in [0, 0.05) is 6.04 Å². The summed E-state index contributed by atoms with van der Waals surface area (Å²) in [7, 11) is 0. The standard InChI is InChI=1S/C11H11ClF3N.ClH/c12-9-5-7-6(2-1-3-10(7)16)4-8(9)11(13,14)15;/h4-5,10H,1-3,16H2;1H. The van der Waals surface area contributed by atoms with Gasteiger partial charge in [0.05, 0.1) is 10.6 Å². The molecule has 1 atom stereocenters. The van der Waals surface area contributed by atoms with Gasteiger partial charge in [-0.3, -0.25) is 0 Å². The van der Waals surface area contributed by atoms with Crippen molar-refractivity contribution >= 4 is 24.0 Å². The van der Waals surface area contributed by atoms with Crippen molar-refractivity contribution in [1.29, 1.82) is 0 Å². The second-order valence-electron chi connectivity index (χ2n) is 4.03. The Hall–Kier alpha value is -0.450. The van der Waals surface area contributed by atoms with E-state index in [-0.39, 0.29) is 23.5 Å². The van der Waals surface area contributed by atoms with E-state index in [1.54, 1.807) is 0 Å². The molecule has 0 heterocycles. The Morgan fingerprint density at radius 2 is 1.94 bits per heavy atom. The van der Waals surface area contributed by atoms with Crippen LogP contribution in [0, 0.1) is 0 Å². The van der Waals surface area contributed by atoms with Crippen LogP contribution in [-0.4, -0.2) is 0 Å². The van der Waals surface area contributed by atoms with Gasteiger partial charge in [0.25, 0.3) is 0 Å². The Bertz CT molecular complexity index is 418. The van der Waals surface area contributed by atoms with Crippen molar-refractivity contribution in [1.82, 2.24) is 0 Å². The Kier molecular flexibility index (Phi) is 4.33. The first-order valence-electron chi connectivity index (χ1n) is 5.04. The fourth-order valence-electron chi connectivity index (χ4n) is 2.08. The van der Waals surface area contributed by atoms with Gasteiger partial charge in [0.2, 0.25) is 0 Å². The van der Waals surface area contributed by atoms with Crippen molar-refractivity contribution < 1.29 is 13.2 Å². The lowest BCUT2D eigenvalue weighted by atomic mass is 9.87. The summed E-state index contributed by atoms with van der Waals surface area (Å²) in [5.41, 5.74) is 6.50. The minimum absolute atomic E-state index is 0. The lowest BCUT2D eigenvalue weighted by molar-refractivity contribution is -0.137. The summed E-state index contributed by atoms with van der Waals surface area (Å²) in [5, 5.41) is -0.261. The van der Waals surface area contributed by atoms with Gasteiger partial charge in [-0.2, -0.15) is 13.2 Å². The van der Waals surface area contributed by atoms with Gasteiger partial charge in [-0.25, -0.2) is 0 Å². The van der Waals surface area contributed by atoms with Gasteiger partial charge in [-0.15, -0.1) is 12.4 Å². The number of hydrogen-bond donors (Lipinski definition) is 1. The molecule has 0 aromatic heterocycles. The number of aryl methyl sites for hydroxylation is 1. The molecule has 0 saturated carbocycles. The van der Waals surface area contributed by atoms with E-state index in [1.165, 1.54) is 6.07 Å². The molecular formula is C11H12Cl2F3N. The molecule has 1 aromatic rings. The summed E-state index contributed by atoms with van der Waals surface area (Å²) in [6.45, 7) is 0. The number of alkyl halides is 3. The van der Waals surface area contributed by atoms with Crippen LogP contribution < -0.4 is 5.73 Å². The molecule has 1 unspecified atom stereocenters. The first-order chi connectivity index (χ1) is 7.39. The Morgan fingerprint density at radius 1 is 1.29 bits per heavy atom. The molecular weight excluding hydrogens is 274 g/mol. The highest BCUT2D eigenvalue weighted by Gasteiger charge is 2.34. The van der Waals surface area contributed by atoms with E-state index in [1.807, 2.05) is 0 Å². The van der Waals surface area contributed by atoms with Crippen LogP contribution in [0.1, 0.15) is 35.6 Å². The predicted molar refractivity (Wildman–Crippen MR) is 63.6 cm³/mol. The Labute approximate surface area is 109 Å². The van der Waals surface area contributed by atoms with Crippen LogP contribution in [0.2, 0.25) is 5.02 Å². The van der Waals surface area contributed by atoms with Gasteiger partial charge in [-0.1, -0.05) is 11.6 Å². The van der Waals surface area contributed by atoms with Crippen LogP contribution in [0.15, 0.2) is 12.1 Å². The molecule has 0 aliphatic heterocycles. The largest absolute Gasteiger partial charge is 0.417 e. The summed E-state index contributed by atoms with van der Waals surface area (Å²) in [5.74, 6) is 0. The van der Waals surface area contributed by atoms with Crippen molar-refractivity contribution in [3.05, 3.63) is 33.8 Å². The van der Waals surface area contributed by atoms with E-state index in [2.05, 4.69) is 0 Å². The monoisotopic (exact) mass is 285 g/mol. The molecule has 1 nitrogen and oxygen atoms in total. The number of halogens is 5. The highest BCUT2D eigenvalue weighted by atomic mass is 35.5. The predicted octanol–water partition coefficient (Wildman–Crippen LogP) is 4.12. The quantitative estimate of drug-likeness (QED) is 0.763. The molecule has 0 saturated heterocycles. The minimum atomic E-state index is -4.40. The zero-order chi connectivity index (χ0) is 11.9. The van der Waals surface area contributed by atoms with Crippen LogP contribution in [-0.2, 0) is 12.6 Å². The molecule has 0 spiro atoms. The molecule has 6 heteroatoms. The molecule has 17 heavy (non-hydrogen) atoms. The molecule has 1 aromatic carbocycles. The van der Waals surface area contributed by atoms with Crippen LogP contribution >= 0.6 is 24.0 Å². The number of nitrogens with two attached hydrogens (primary N) is 1. The van der Waals surface area contributed by atoms with Crippen LogP contribution in [0.25, 0.3) is 0 Å². The van der Waals surface area contributed by atoms with Crippen LogP contribution in [0.3, 0.4) is 0 Å². The van der Waals surface area contributed by atoms with Crippen molar-refractivity contribution in [2.75, 3.05) is 0 Å². The van der Waals surface area contributed by atoms with Crippen molar-refractivity contribution in [2.24, 2.45) is 5.73 Å². The van der Waals surface area contributed by atoms with Gasteiger partial charge >= 0.3 is 6.18 Å². The second-order valence-corrected chi connectivity index (χ2v) is 4.43. The number of benzene rings is 1. The smallest absolute Gasteiger partial charge is 0.324 e. The molecule has 0 bridgehead atoms. The zero-order valence-electron chi connectivity index (χ0n) is 8.85. The van der Waals surface area contributed by atoms with E-state index in [9.17, 15) is 13.2 Å². The number of hydrogen-bond acceptors (Lipinski definition) is 1. The molecule has 2 N–H and O–H groups in total. The molecule has 1 aliphatic rings. The van der Waals surface area contributed by atoms with Crippen LogP contribution in [0.5, 0.6) is 0 Å². The summed E-state index contributed by atoms with van der Waals surface area (Å²) in [4.78, 5) is 0. The molecule has 1 aliphatic carbocycles. The topological polar surface area (TPSA) is 26.0 Å². The number of rotatable bonds is 0. The van der Waals surface area contributed by atoms with Crippen LogP contribution in [0.4, 0.5) is 13.2 Å². The Balaban J connectivity index is 0.00000144. The zero-order valence-corrected chi connectivity index (χ0v) is 10.4. The first-order valence-corrected chi connectivity index (χ1v) is 5.42. The first kappa shape index (κ1) is 14.6.